The van der Waals surface area contributed by atoms with Crippen LogP contribution >= 0.6 is 0 Å². The van der Waals surface area contributed by atoms with E-state index in [0.29, 0.717) is 0 Å². The number of benzene rings is 1. The van der Waals surface area contributed by atoms with Crippen LogP contribution < -0.4 is 5.32 Å². The van der Waals surface area contributed by atoms with Crippen molar-refractivity contribution in [3.8, 4) is 0 Å². The van der Waals surface area contributed by atoms with E-state index in [2.05, 4.69) is 47.6 Å². The van der Waals surface area contributed by atoms with Crippen LogP contribution in [0.3, 0.4) is 0 Å². The van der Waals surface area contributed by atoms with Crippen LogP contribution in [0.2, 0.25) is 0 Å². The monoisotopic (exact) mass is 218 g/mol. The minimum atomic E-state index is 0.721. The Labute approximate surface area is 98.7 Å². The van der Waals surface area contributed by atoms with Crippen LogP contribution in [0.4, 0.5) is 0 Å². The fourth-order valence-electron chi connectivity index (χ4n) is 2.55. The number of nitrogens with one attached hydrogen (secondary N) is 1. The van der Waals surface area contributed by atoms with Crippen LogP contribution in [0, 0.1) is 0 Å². The van der Waals surface area contributed by atoms with Crippen molar-refractivity contribution in [2.75, 3.05) is 20.1 Å². The molecule has 0 radical (unpaired) electrons. The van der Waals surface area contributed by atoms with E-state index in [4.69, 9.17) is 0 Å². The second-order valence-corrected chi connectivity index (χ2v) is 4.66. The Morgan fingerprint density at radius 3 is 2.81 bits per heavy atom. The molecule has 1 aromatic carbocycles. The first kappa shape index (κ1) is 11.6. The van der Waals surface area contributed by atoms with Gasteiger partial charge >= 0.3 is 0 Å². The van der Waals surface area contributed by atoms with Crippen LogP contribution in [0.15, 0.2) is 30.3 Å². The Bertz CT molecular complexity index is 295. The predicted molar refractivity (Wildman–Crippen MR) is 68.4 cm³/mol. The zero-order valence-electron chi connectivity index (χ0n) is 10.2. The van der Waals surface area contributed by atoms with Gasteiger partial charge in [0, 0.05) is 19.1 Å². The first-order chi connectivity index (χ1) is 7.90. The topological polar surface area (TPSA) is 15.3 Å². The zero-order valence-corrected chi connectivity index (χ0v) is 10.2. The molecular weight excluding hydrogens is 196 g/mol. The lowest BCUT2D eigenvalue weighted by atomic mass is 10.0. The van der Waals surface area contributed by atoms with Gasteiger partial charge in [0.15, 0.2) is 0 Å². The second kappa shape index (κ2) is 6.02. The van der Waals surface area contributed by atoms with Crippen LogP contribution in [-0.2, 0) is 6.54 Å². The smallest absolute Gasteiger partial charge is 0.0237 e. The summed E-state index contributed by atoms with van der Waals surface area (Å²) < 4.78 is 0. The maximum absolute atomic E-state index is 3.31. The van der Waals surface area contributed by atoms with Crippen LogP contribution in [0.1, 0.15) is 24.8 Å². The average molecular weight is 218 g/mol. The van der Waals surface area contributed by atoms with Crippen molar-refractivity contribution in [3.63, 3.8) is 0 Å². The summed E-state index contributed by atoms with van der Waals surface area (Å²) in [6.45, 7) is 3.47. The van der Waals surface area contributed by atoms with E-state index >= 15 is 0 Å². The molecule has 1 aliphatic heterocycles. The molecule has 0 aromatic heterocycles. The van der Waals surface area contributed by atoms with Gasteiger partial charge in [0.2, 0.25) is 0 Å². The quantitative estimate of drug-likeness (QED) is 0.834. The van der Waals surface area contributed by atoms with Gasteiger partial charge in [0.25, 0.3) is 0 Å². The number of likely N-dealkylation sites (tertiary alicyclic amines) is 1. The van der Waals surface area contributed by atoms with Gasteiger partial charge in [0.05, 0.1) is 0 Å². The summed E-state index contributed by atoms with van der Waals surface area (Å²) >= 11 is 0. The molecule has 0 saturated carbocycles. The number of rotatable bonds is 4. The van der Waals surface area contributed by atoms with E-state index in [1.54, 1.807) is 0 Å². The molecular formula is C14H22N2. The van der Waals surface area contributed by atoms with Gasteiger partial charge in [-0.3, -0.25) is 4.90 Å². The molecule has 0 spiro atoms. The molecule has 1 N–H and O–H groups in total. The van der Waals surface area contributed by atoms with Gasteiger partial charge in [-0.1, -0.05) is 36.8 Å². The third-order valence-corrected chi connectivity index (χ3v) is 3.42. The Morgan fingerprint density at radius 1 is 1.25 bits per heavy atom. The van der Waals surface area contributed by atoms with Gasteiger partial charge < -0.3 is 5.32 Å². The summed E-state index contributed by atoms with van der Waals surface area (Å²) in [6.07, 6.45) is 4.08. The second-order valence-electron chi connectivity index (χ2n) is 4.66. The van der Waals surface area contributed by atoms with E-state index in [1.807, 2.05) is 0 Å². The van der Waals surface area contributed by atoms with Crippen LogP contribution in [0.5, 0.6) is 0 Å². The number of hydrogen-bond acceptors (Lipinski definition) is 2. The molecule has 0 aliphatic carbocycles. The fraction of sp³-hybridized carbons (Fsp3) is 0.571. The predicted octanol–water partition coefficient (Wildman–Crippen LogP) is 2.26. The van der Waals surface area contributed by atoms with Crippen LogP contribution in [-0.4, -0.2) is 31.1 Å². The van der Waals surface area contributed by atoms with Gasteiger partial charge in [0.1, 0.15) is 0 Å². The van der Waals surface area contributed by atoms with Crippen molar-refractivity contribution in [3.05, 3.63) is 35.9 Å². The third-order valence-electron chi connectivity index (χ3n) is 3.42. The molecule has 2 heteroatoms. The molecule has 1 heterocycles. The summed E-state index contributed by atoms with van der Waals surface area (Å²) in [5, 5.41) is 3.31. The van der Waals surface area contributed by atoms with E-state index < -0.39 is 0 Å². The van der Waals surface area contributed by atoms with Crippen molar-refractivity contribution in [2.45, 2.75) is 31.8 Å². The van der Waals surface area contributed by atoms with Crippen molar-refractivity contribution in [1.82, 2.24) is 10.2 Å². The van der Waals surface area contributed by atoms with E-state index in [0.717, 1.165) is 19.1 Å². The summed E-state index contributed by atoms with van der Waals surface area (Å²) in [4.78, 5) is 2.62. The molecule has 0 amide bonds. The highest BCUT2D eigenvalue weighted by Gasteiger charge is 2.21. The van der Waals surface area contributed by atoms with Crippen molar-refractivity contribution in [1.29, 1.82) is 0 Å². The SMILES string of the molecule is CNCC1CCCCN1Cc1ccccc1. The lowest BCUT2D eigenvalue weighted by molar-refractivity contribution is 0.139. The van der Waals surface area contributed by atoms with Gasteiger partial charge in [-0.05, 0) is 32.0 Å². The Morgan fingerprint density at radius 2 is 2.06 bits per heavy atom. The fourth-order valence-corrected chi connectivity index (χ4v) is 2.55. The van der Waals surface area contributed by atoms with Crippen LogP contribution in [0.25, 0.3) is 0 Å². The Kier molecular flexibility index (Phi) is 4.37. The molecule has 88 valence electrons. The standard InChI is InChI=1S/C14H22N2/c1-15-11-14-9-5-6-10-16(14)12-13-7-3-2-4-8-13/h2-4,7-8,14-15H,5-6,9-12H2,1H3. The first-order valence-corrected chi connectivity index (χ1v) is 6.32. The normalized spacial score (nSPS) is 22.2. The summed E-state index contributed by atoms with van der Waals surface area (Å²) in [5.41, 5.74) is 1.44. The lowest BCUT2D eigenvalue weighted by Crippen LogP contribution is -2.44. The van der Waals surface area contributed by atoms with Crippen molar-refractivity contribution < 1.29 is 0 Å². The molecule has 16 heavy (non-hydrogen) atoms. The molecule has 1 saturated heterocycles. The minimum Gasteiger partial charge on any atom is -0.318 e. The minimum absolute atomic E-state index is 0.721. The van der Waals surface area contributed by atoms with Crippen molar-refractivity contribution >= 4 is 0 Å². The Balaban J connectivity index is 1.96. The molecule has 1 atom stereocenters. The van der Waals surface area contributed by atoms with E-state index in [-0.39, 0.29) is 0 Å². The molecule has 1 aromatic rings. The van der Waals surface area contributed by atoms with Gasteiger partial charge in [-0.25, -0.2) is 0 Å². The average Bonchev–Trinajstić information content (AvgIpc) is 2.33. The number of piperidine rings is 1. The largest absolute Gasteiger partial charge is 0.318 e. The molecule has 1 fully saturated rings. The highest BCUT2D eigenvalue weighted by atomic mass is 15.2. The summed E-state index contributed by atoms with van der Waals surface area (Å²) in [6, 6.07) is 11.5. The molecule has 2 nitrogen and oxygen atoms in total. The number of hydrogen-bond donors (Lipinski definition) is 1. The zero-order chi connectivity index (χ0) is 11.2. The summed E-state index contributed by atoms with van der Waals surface area (Å²) in [5.74, 6) is 0. The third kappa shape index (κ3) is 3.06. The molecule has 1 aliphatic rings. The lowest BCUT2D eigenvalue weighted by Gasteiger charge is -2.35. The molecule has 0 bridgehead atoms. The molecule has 1 unspecified atom stereocenters. The highest BCUT2D eigenvalue weighted by Crippen LogP contribution is 2.18. The maximum atomic E-state index is 3.31. The van der Waals surface area contributed by atoms with Crippen molar-refractivity contribution in [2.24, 2.45) is 0 Å². The van der Waals surface area contributed by atoms with E-state index in [9.17, 15) is 0 Å². The number of nitrogens with zero attached hydrogens (tertiary/aromatic N) is 1. The Hall–Kier alpha value is -0.860. The maximum Gasteiger partial charge on any atom is 0.0237 e. The molecule has 2 rings (SSSR count). The highest BCUT2D eigenvalue weighted by molar-refractivity contribution is 5.14. The van der Waals surface area contributed by atoms with Gasteiger partial charge in [-0.15, -0.1) is 0 Å². The summed E-state index contributed by atoms with van der Waals surface area (Å²) in [7, 11) is 2.05. The number of likely N-dealkylation sites (N-methyl/N-ethyl adjacent to an activating group) is 1. The van der Waals surface area contributed by atoms with Gasteiger partial charge in [-0.2, -0.15) is 0 Å². The van der Waals surface area contributed by atoms with E-state index in [1.165, 1.54) is 31.4 Å². The first-order valence-electron chi connectivity index (χ1n) is 6.32.